The van der Waals surface area contributed by atoms with Crippen LogP contribution in [0.15, 0.2) is 41.2 Å². The molecule has 0 spiro atoms. The van der Waals surface area contributed by atoms with Crippen LogP contribution in [0.3, 0.4) is 0 Å². The first-order chi connectivity index (χ1) is 9.88. The number of carbonyl (C=O) groups is 1. The Bertz CT molecular complexity index is 763. The number of amides is 1. The summed E-state index contributed by atoms with van der Waals surface area (Å²) in [4.78, 5) is 33.9. The maximum absolute atomic E-state index is 12.0. The highest BCUT2D eigenvalue weighted by Crippen LogP contribution is 2.12. The lowest BCUT2D eigenvalue weighted by Gasteiger charge is -2.11. The molecule has 1 aromatic carbocycles. The molecule has 7 heteroatoms. The second kappa shape index (κ2) is 5.58. The fourth-order valence-corrected chi connectivity index (χ4v) is 1.91. The van der Waals surface area contributed by atoms with Gasteiger partial charge in [0.05, 0.1) is 4.92 Å². The Kier molecular flexibility index (Phi) is 3.84. The summed E-state index contributed by atoms with van der Waals surface area (Å²) in [5.74, 6) is -0.515. The number of aromatic nitrogens is 1. The smallest absolute Gasteiger partial charge is 0.267 e. The standard InChI is InChI=1S/C14H13N3O4/c1-9-7-10(2)16(13(18)8-9)15-14(19)11-3-5-12(6-4-11)17(20)21/h3-8H,1-2H3,(H,15,19). The van der Waals surface area contributed by atoms with Crippen molar-refractivity contribution < 1.29 is 9.72 Å². The molecule has 21 heavy (non-hydrogen) atoms. The Hall–Kier alpha value is -2.96. The summed E-state index contributed by atoms with van der Waals surface area (Å²) in [7, 11) is 0. The number of nitrogens with zero attached hydrogens (tertiary/aromatic N) is 2. The monoisotopic (exact) mass is 287 g/mol. The van der Waals surface area contributed by atoms with Gasteiger partial charge in [0, 0.05) is 29.5 Å². The average Bonchev–Trinajstić information content (AvgIpc) is 2.42. The molecule has 0 radical (unpaired) electrons. The summed E-state index contributed by atoms with van der Waals surface area (Å²) in [6.45, 7) is 3.49. The molecule has 0 unspecified atom stereocenters. The van der Waals surface area contributed by atoms with Crippen LogP contribution in [0.5, 0.6) is 0 Å². The summed E-state index contributed by atoms with van der Waals surface area (Å²) >= 11 is 0. The van der Waals surface area contributed by atoms with Crippen molar-refractivity contribution in [1.29, 1.82) is 0 Å². The largest absolute Gasteiger partial charge is 0.270 e. The molecule has 0 bridgehead atoms. The van der Waals surface area contributed by atoms with Crippen LogP contribution in [0.2, 0.25) is 0 Å². The maximum atomic E-state index is 12.0. The molecule has 0 aliphatic carbocycles. The van der Waals surface area contributed by atoms with E-state index < -0.39 is 10.8 Å². The van der Waals surface area contributed by atoms with Gasteiger partial charge in [-0.25, -0.2) is 4.68 Å². The molecule has 1 N–H and O–H groups in total. The Morgan fingerprint density at radius 3 is 2.33 bits per heavy atom. The fourth-order valence-electron chi connectivity index (χ4n) is 1.91. The van der Waals surface area contributed by atoms with Crippen molar-refractivity contribution in [3.63, 3.8) is 0 Å². The third-order valence-corrected chi connectivity index (χ3v) is 2.91. The molecule has 0 saturated carbocycles. The molecule has 7 nitrogen and oxygen atoms in total. The van der Waals surface area contributed by atoms with Crippen LogP contribution in [0.4, 0.5) is 5.69 Å². The number of nitro groups is 1. The van der Waals surface area contributed by atoms with E-state index >= 15 is 0 Å². The van der Waals surface area contributed by atoms with E-state index in [1.807, 2.05) is 0 Å². The molecule has 0 aliphatic rings. The van der Waals surface area contributed by atoms with Crippen LogP contribution in [0.25, 0.3) is 0 Å². The normalized spacial score (nSPS) is 10.2. The number of pyridine rings is 1. The lowest BCUT2D eigenvalue weighted by atomic mass is 10.2. The van der Waals surface area contributed by atoms with Gasteiger partial charge in [-0.15, -0.1) is 0 Å². The summed E-state index contributed by atoms with van der Waals surface area (Å²) in [6.07, 6.45) is 0. The first-order valence-electron chi connectivity index (χ1n) is 6.14. The summed E-state index contributed by atoms with van der Waals surface area (Å²) in [6, 6.07) is 8.31. The van der Waals surface area contributed by atoms with Crippen molar-refractivity contribution in [2.75, 3.05) is 5.43 Å². The Labute approximate surface area is 120 Å². The van der Waals surface area contributed by atoms with Gasteiger partial charge in [0.2, 0.25) is 0 Å². The highest BCUT2D eigenvalue weighted by molar-refractivity contribution is 6.00. The van der Waals surface area contributed by atoms with Gasteiger partial charge in [-0.05, 0) is 37.6 Å². The fraction of sp³-hybridized carbons (Fsp3) is 0.143. The molecule has 2 aromatic rings. The van der Waals surface area contributed by atoms with Crippen molar-refractivity contribution in [2.45, 2.75) is 13.8 Å². The van der Waals surface area contributed by atoms with Crippen molar-refractivity contribution >= 4 is 11.6 Å². The van der Waals surface area contributed by atoms with Crippen molar-refractivity contribution in [3.05, 3.63) is 73.7 Å². The molecule has 108 valence electrons. The zero-order chi connectivity index (χ0) is 15.6. The van der Waals surface area contributed by atoms with Gasteiger partial charge >= 0.3 is 0 Å². The van der Waals surface area contributed by atoms with E-state index in [1.54, 1.807) is 19.9 Å². The van der Waals surface area contributed by atoms with E-state index in [4.69, 9.17) is 0 Å². The minimum atomic E-state index is -0.545. The first kappa shape index (κ1) is 14.4. The topological polar surface area (TPSA) is 94.2 Å². The lowest BCUT2D eigenvalue weighted by Crippen LogP contribution is -2.34. The van der Waals surface area contributed by atoms with Gasteiger partial charge in [-0.2, -0.15) is 0 Å². The van der Waals surface area contributed by atoms with Crippen LogP contribution in [0.1, 0.15) is 21.6 Å². The molecule has 1 aromatic heterocycles. The maximum Gasteiger partial charge on any atom is 0.270 e. The van der Waals surface area contributed by atoms with Gasteiger partial charge < -0.3 is 0 Å². The summed E-state index contributed by atoms with van der Waals surface area (Å²) in [5, 5.41) is 10.6. The number of aryl methyl sites for hydroxylation is 2. The second-order valence-electron chi connectivity index (χ2n) is 4.59. The van der Waals surface area contributed by atoms with Crippen LogP contribution in [-0.2, 0) is 0 Å². The highest BCUT2D eigenvalue weighted by Gasteiger charge is 2.11. The zero-order valence-corrected chi connectivity index (χ0v) is 11.5. The predicted octanol–water partition coefficient (Wildman–Crippen LogP) is 1.76. The number of hydrogen-bond acceptors (Lipinski definition) is 4. The molecule has 1 amide bonds. The predicted molar refractivity (Wildman–Crippen MR) is 77.0 cm³/mol. The Morgan fingerprint density at radius 2 is 1.81 bits per heavy atom. The number of nitrogens with one attached hydrogen (secondary N) is 1. The van der Waals surface area contributed by atoms with E-state index in [-0.39, 0.29) is 16.8 Å². The Balaban J connectivity index is 2.26. The average molecular weight is 287 g/mol. The van der Waals surface area contributed by atoms with E-state index in [2.05, 4.69) is 5.43 Å². The van der Waals surface area contributed by atoms with Crippen LogP contribution in [-0.4, -0.2) is 15.5 Å². The van der Waals surface area contributed by atoms with E-state index in [9.17, 15) is 19.7 Å². The zero-order valence-electron chi connectivity index (χ0n) is 11.5. The van der Waals surface area contributed by atoms with Gasteiger partial charge in [0.1, 0.15) is 0 Å². The first-order valence-corrected chi connectivity index (χ1v) is 6.14. The van der Waals surface area contributed by atoms with Crippen LogP contribution in [0, 0.1) is 24.0 Å². The van der Waals surface area contributed by atoms with Gasteiger partial charge in [-0.3, -0.25) is 25.1 Å². The van der Waals surface area contributed by atoms with Crippen molar-refractivity contribution in [3.8, 4) is 0 Å². The number of hydrogen-bond donors (Lipinski definition) is 1. The van der Waals surface area contributed by atoms with Crippen molar-refractivity contribution in [1.82, 2.24) is 4.68 Å². The quantitative estimate of drug-likeness (QED) is 0.687. The van der Waals surface area contributed by atoms with Gasteiger partial charge in [0.25, 0.3) is 17.2 Å². The SMILES string of the molecule is Cc1cc(C)n(NC(=O)c2ccc([N+](=O)[O-])cc2)c(=O)c1. The van der Waals surface area contributed by atoms with Crippen LogP contribution < -0.4 is 11.0 Å². The molecule has 0 atom stereocenters. The van der Waals surface area contributed by atoms with Gasteiger partial charge in [0.15, 0.2) is 0 Å². The lowest BCUT2D eigenvalue weighted by molar-refractivity contribution is -0.384. The van der Waals surface area contributed by atoms with Crippen LogP contribution >= 0.6 is 0 Å². The van der Waals surface area contributed by atoms with E-state index in [0.717, 1.165) is 10.2 Å². The van der Waals surface area contributed by atoms with E-state index in [0.29, 0.717) is 5.69 Å². The third-order valence-electron chi connectivity index (χ3n) is 2.91. The van der Waals surface area contributed by atoms with E-state index in [1.165, 1.54) is 30.3 Å². The minimum Gasteiger partial charge on any atom is -0.267 e. The minimum absolute atomic E-state index is 0.102. The molecule has 0 aliphatic heterocycles. The molecular weight excluding hydrogens is 274 g/mol. The summed E-state index contributed by atoms with van der Waals surface area (Å²) in [5.41, 5.74) is 3.65. The van der Waals surface area contributed by atoms with Crippen molar-refractivity contribution in [2.24, 2.45) is 0 Å². The number of rotatable bonds is 3. The third kappa shape index (κ3) is 3.14. The highest BCUT2D eigenvalue weighted by atomic mass is 16.6. The second-order valence-corrected chi connectivity index (χ2v) is 4.59. The number of non-ortho nitro benzene ring substituents is 1. The molecular formula is C14H13N3O4. The summed E-state index contributed by atoms with van der Waals surface area (Å²) < 4.78 is 1.14. The number of benzene rings is 1. The number of carbonyl (C=O) groups excluding carboxylic acids is 1. The Morgan fingerprint density at radius 1 is 1.19 bits per heavy atom. The molecule has 2 rings (SSSR count). The molecule has 1 heterocycles. The molecule has 0 saturated heterocycles. The molecule has 0 fully saturated rings. The number of nitro benzene ring substituents is 1. The van der Waals surface area contributed by atoms with Gasteiger partial charge in [-0.1, -0.05) is 0 Å².